The molecule has 0 aromatic heterocycles. The molecule has 0 saturated heterocycles. The van der Waals surface area contributed by atoms with Gasteiger partial charge in [-0.2, -0.15) is 0 Å². The van der Waals surface area contributed by atoms with Crippen LogP contribution >= 0.6 is 0 Å². The van der Waals surface area contributed by atoms with Crippen LogP contribution in [-0.2, 0) is 11.2 Å². The van der Waals surface area contributed by atoms with Crippen molar-refractivity contribution in [3.05, 3.63) is 23.3 Å². The summed E-state index contributed by atoms with van der Waals surface area (Å²) in [5, 5.41) is 19.5. The van der Waals surface area contributed by atoms with E-state index in [4.69, 9.17) is 0 Å². The first-order chi connectivity index (χ1) is 11.0. The maximum Gasteiger partial charge on any atom is 0.166 e. The molecule has 0 aliphatic carbocycles. The number of ketones is 2. The Hall–Kier alpha value is -1.84. The van der Waals surface area contributed by atoms with Crippen LogP contribution in [0.15, 0.2) is 12.1 Å². The van der Waals surface area contributed by atoms with Gasteiger partial charge in [0.2, 0.25) is 0 Å². The van der Waals surface area contributed by atoms with Crippen molar-refractivity contribution in [3.8, 4) is 11.5 Å². The largest absolute Gasteiger partial charge is 0.508 e. The molecule has 0 saturated carbocycles. The topological polar surface area (TPSA) is 74.6 Å². The summed E-state index contributed by atoms with van der Waals surface area (Å²) in [4.78, 5) is 23.7. The van der Waals surface area contributed by atoms with Gasteiger partial charge in [0.05, 0.1) is 5.56 Å². The number of Topliss-reactive ketones (excluding diaryl/α,β-unsaturated/α-hetero) is 2. The molecule has 1 aromatic rings. The summed E-state index contributed by atoms with van der Waals surface area (Å²) in [7, 11) is 0. The monoisotopic (exact) mass is 320 g/mol. The van der Waals surface area contributed by atoms with Crippen molar-refractivity contribution in [2.24, 2.45) is 0 Å². The zero-order valence-corrected chi connectivity index (χ0v) is 14.2. The zero-order valence-electron chi connectivity index (χ0n) is 14.2. The molecule has 2 N–H and O–H groups in total. The van der Waals surface area contributed by atoms with Crippen LogP contribution in [0.1, 0.15) is 81.1 Å². The summed E-state index contributed by atoms with van der Waals surface area (Å²) in [5.41, 5.74) is 0.590. The van der Waals surface area contributed by atoms with Crippen LogP contribution in [-0.4, -0.2) is 21.8 Å². The first-order valence-electron chi connectivity index (χ1n) is 8.53. The average Bonchev–Trinajstić information content (AvgIpc) is 2.44. The van der Waals surface area contributed by atoms with E-state index in [1.807, 2.05) is 0 Å². The highest BCUT2D eigenvalue weighted by Crippen LogP contribution is 2.29. The van der Waals surface area contributed by atoms with Gasteiger partial charge in [-0.1, -0.05) is 45.4 Å². The second-order valence-electron chi connectivity index (χ2n) is 6.17. The number of carbonyl (C=O) groups is 2. The van der Waals surface area contributed by atoms with Gasteiger partial charge in [0.15, 0.2) is 5.78 Å². The molecule has 0 atom stereocenters. The third-order valence-electron chi connectivity index (χ3n) is 3.91. The molecule has 23 heavy (non-hydrogen) atoms. The summed E-state index contributed by atoms with van der Waals surface area (Å²) in [6, 6.07) is 2.54. The predicted molar refractivity (Wildman–Crippen MR) is 91.1 cm³/mol. The van der Waals surface area contributed by atoms with Gasteiger partial charge in [-0.15, -0.1) is 0 Å². The molecule has 0 spiro atoms. The number of unbranched alkanes of at least 4 members (excludes halogenated alkanes) is 6. The van der Waals surface area contributed by atoms with E-state index in [-0.39, 0.29) is 35.0 Å². The first-order valence-corrected chi connectivity index (χ1v) is 8.53. The van der Waals surface area contributed by atoms with E-state index in [1.165, 1.54) is 38.7 Å². The van der Waals surface area contributed by atoms with Gasteiger partial charge in [0.25, 0.3) is 0 Å². The molecule has 0 unspecified atom stereocenters. The standard InChI is InChI=1S/C19H28O4/c1-3-4-5-6-7-8-9-10-17(22)19-15(11-14(2)20)12-16(21)13-18(19)23/h12-13,21,23H,3-11H2,1-2H3. The quantitative estimate of drug-likeness (QED) is 0.463. The minimum atomic E-state index is -0.241. The highest BCUT2D eigenvalue weighted by Gasteiger charge is 2.18. The lowest BCUT2D eigenvalue weighted by Crippen LogP contribution is -2.07. The molecule has 0 aliphatic rings. The number of hydrogen-bond donors (Lipinski definition) is 2. The van der Waals surface area contributed by atoms with Gasteiger partial charge in [-0.3, -0.25) is 9.59 Å². The van der Waals surface area contributed by atoms with Crippen LogP contribution in [0.4, 0.5) is 0 Å². The Morgan fingerprint density at radius 2 is 1.57 bits per heavy atom. The summed E-state index contributed by atoms with van der Waals surface area (Å²) in [5.74, 6) is -0.646. The molecular weight excluding hydrogens is 292 g/mol. The Morgan fingerprint density at radius 3 is 2.17 bits per heavy atom. The number of benzene rings is 1. The molecule has 0 radical (unpaired) electrons. The normalized spacial score (nSPS) is 10.7. The fourth-order valence-electron chi connectivity index (χ4n) is 2.77. The summed E-state index contributed by atoms with van der Waals surface area (Å²) < 4.78 is 0. The summed E-state index contributed by atoms with van der Waals surface area (Å²) in [6.07, 6.45) is 8.22. The number of carbonyl (C=O) groups excluding carboxylic acids is 2. The smallest absolute Gasteiger partial charge is 0.166 e. The van der Waals surface area contributed by atoms with Gasteiger partial charge in [0.1, 0.15) is 17.3 Å². The van der Waals surface area contributed by atoms with Gasteiger partial charge in [0, 0.05) is 18.9 Å². The molecule has 4 heteroatoms. The van der Waals surface area contributed by atoms with E-state index in [0.29, 0.717) is 12.0 Å². The Kier molecular flexibility index (Phi) is 8.38. The fraction of sp³-hybridized carbons (Fsp3) is 0.579. The van der Waals surface area contributed by atoms with E-state index >= 15 is 0 Å². The number of aromatic hydroxyl groups is 2. The summed E-state index contributed by atoms with van der Waals surface area (Å²) >= 11 is 0. The second-order valence-corrected chi connectivity index (χ2v) is 6.17. The van der Waals surface area contributed by atoms with Gasteiger partial charge >= 0.3 is 0 Å². The Morgan fingerprint density at radius 1 is 0.957 bits per heavy atom. The molecule has 0 bridgehead atoms. The molecular formula is C19H28O4. The van der Waals surface area contributed by atoms with Crippen LogP contribution in [0.25, 0.3) is 0 Å². The molecule has 0 aliphatic heterocycles. The van der Waals surface area contributed by atoms with Gasteiger partial charge in [-0.05, 0) is 25.0 Å². The zero-order chi connectivity index (χ0) is 17.2. The number of rotatable bonds is 11. The molecule has 128 valence electrons. The molecule has 1 aromatic carbocycles. The number of hydrogen-bond acceptors (Lipinski definition) is 4. The highest BCUT2D eigenvalue weighted by molar-refractivity contribution is 6.01. The third kappa shape index (κ3) is 6.85. The molecule has 0 amide bonds. The van der Waals surface area contributed by atoms with Crippen molar-refractivity contribution in [3.63, 3.8) is 0 Å². The molecule has 0 heterocycles. The first kappa shape index (κ1) is 19.2. The Balaban J connectivity index is 2.59. The van der Waals surface area contributed by atoms with Crippen molar-refractivity contribution >= 4 is 11.6 Å². The lowest BCUT2D eigenvalue weighted by molar-refractivity contribution is -0.116. The number of phenolic OH excluding ortho intramolecular Hbond substituents is 2. The Labute approximate surface area is 138 Å². The van der Waals surface area contributed by atoms with E-state index in [9.17, 15) is 19.8 Å². The van der Waals surface area contributed by atoms with E-state index in [1.54, 1.807) is 0 Å². The Bertz CT molecular complexity index is 534. The van der Waals surface area contributed by atoms with E-state index in [2.05, 4.69) is 6.92 Å². The lowest BCUT2D eigenvalue weighted by Gasteiger charge is -2.10. The fourth-order valence-corrected chi connectivity index (χ4v) is 2.77. The van der Waals surface area contributed by atoms with Crippen LogP contribution in [0.5, 0.6) is 11.5 Å². The predicted octanol–water partition coefficient (Wildman–Crippen LogP) is 4.55. The van der Waals surface area contributed by atoms with E-state index in [0.717, 1.165) is 25.3 Å². The van der Waals surface area contributed by atoms with Crippen LogP contribution in [0, 0.1) is 0 Å². The van der Waals surface area contributed by atoms with Gasteiger partial charge < -0.3 is 10.2 Å². The lowest BCUT2D eigenvalue weighted by atomic mass is 9.95. The maximum atomic E-state index is 12.4. The van der Waals surface area contributed by atoms with Crippen molar-refractivity contribution in [1.29, 1.82) is 0 Å². The third-order valence-corrected chi connectivity index (χ3v) is 3.91. The SMILES string of the molecule is CCCCCCCCCC(=O)c1c(O)cc(O)cc1CC(C)=O. The van der Waals surface area contributed by atoms with Gasteiger partial charge in [-0.25, -0.2) is 0 Å². The van der Waals surface area contributed by atoms with E-state index < -0.39 is 0 Å². The molecule has 4 nitrogen and oxygen atoms in total. The average molecular weight is 320 g/mol. The maximum absolute atomic E-state index is 12.4. The second kappa shape index (κ2) is 10.0. The summed E-state index contributed by atoms with van der Waals surface area (Å²) in [6.45, 7) is 3.60. The molecule has 0 fully saturated rings. The number of phenols is 2. The van der Waals surface area contributed by atoms with Crippen LogP contribution in [0.2, 0.25) is 0 Å². The molecule has 1 rings (SSSR count). The van der Waals surface area contributed by atoms with Crippen LogP contribution < -0.4 is 0 Å². The van der Waals surface area contributed by atoms with Crippen molar-refractivity contribution in [2.45, 2.75) is 71.6 Å². The van der Waals surface area contributed by atoms with Crippen molar-refractivity contribution < 1.29 is 19.8 Å². The van der Waals surface area contributed by atoms with Crippen molar-refractivity contribution in [2.75, 3.05) is 0 Å². The van der Waals surface area contributed by atoms with Crippen LogP contribution in [0.3, 0.4) is 0 Å². The minimum Gasteiger partial charge on any atom is -0.508 e. The van der Waals surface area contributed by atoms with Crippen molar-refractivity contribution in [1.82, 2.24) is 0 Å². The minimum absolute atomic E-state index is 0.0417. The highest BCUT2D eigenvalue weighted by atomic mass is 16.3.